The van der Waals surface area contributed by atoms with Gasteiger partial charge in [-0.15, -0.1) is 3.89 Å². The van der Waals surface area contributed by atoms with Crippen LogP contribution in [0.1, 0.15) is 6.42 Å². The second-order valence-corrected chi connectivity index (χ2v) is 7.96. The van der Waals surface area contributed by atoms with Crippen molar-refractivity contribution in [3.05, 3.63) is 22.7 Å². The van der Waals surface area contributed by atoms with Crippen LogP contribution in [0, 0.1) is 0 Å². The maximum atomic E-state index is 13.0. The van der Waals surface area contributed by atoms with Crippen molar-refractivity contribution in [2.75, 3.05) is 11.4 Å². The van der Waals surface area contributed by atoms with E-state index in [2.05, 4.69) is 20.9 Å². The summed E-state index contributed by atoms with van der Waals surface area (Å²) >= 11 is 4.60. The number of anilines is 1. The Bertz CT molecular complexity index is 805. The molecule has 3 rings (SSSR count). The first-order valence-corrected chi connectivity index (χ1v) is 8.70. The van der Waals surface area contributed by atoms with Gasteiger partial charge in [0.25, 0.3) is 0 Å². The number of halogens is 2. The van der Waals surface area contributed by atoms with Gasteiger partial charge >= 0.3 is 10.2 Å². The Balaban J connectivity index is 1.97. The molecule has 5 nitrogen and oxygen atoms in total. The van der Waals surface area contributed by atoms with Crippen molar-refractivity contribution in [3.63, 3.8) is 0 Å². The number of thiazole rings is 1. The van der Waals surface area contributed by atoms with Crippen molar-refractivity contribution in [3.8, 4) is 0 Å². The average molecular weight is 379 g/mol. The highest BCUT2D eigenvalue weighted by atomic mass is 79.9. The monoisotopic (exact) mass is 378 g/mol. The van der Waals surface area contributed by atoms with Gasteiger partial charge in [-0.1, -0.05) is 27.3 Å². The van der Waals surface area contributed by atoms with E-state index in [0.717, 1.165) is 9.17 Å². The van der Waals surface area contributed by atoms with Gasteiger partial charge < -0.3 is 0 Å². The van der Waals surface area contributed by atoms with E-state index in [1.54, 1.807) is 6.07 Å². The fourth-order valence-corrected chi connectivity index (χ4v) is 4.04. The van der Waals surface area contributed by atoms with Crippen molar-refractivity contribution in [2.24, 2.45) is 0 Å². The van der Waals surface area contributed by atoms with Crippen LogP contribution in [-0.2, 0) is 15.0 Å². The first kappa shape index (κ1) is 13.9. The predicted octanol–water partition coefficient (Wildman–Crippen LogP) is 2.46. The highest BCUT2D eigenvalue weighted by Gasteiger charge is 2.40. The topological polar surface area (TPSA) is 67.3 Å². The number of rotatable bonds is 2. The Hall–Kier alpha value is -1.06. The molecule has 1 aliphatic heterocycles. The van der Waals surface area contributed by atoms with Crippen LogP contribution in [0.2, 0.25) is 0 Å². The van der Waals surface area contributed by atoms with Gasteiger partial charge in [0.05, 0.1) is 10.2 Å². The van der Waals surface area contributed by atoms with E-state index in [1.807, 2.05) is 12.1 Å². The Labute approximate surface area is 126 Å². The molecule has 106 valence electrons. The highest BCUT2D eigenvalue weighted by Crippen LogP contribution is 2.33. The molecule has 9 heteroatoms. The third-order valence-electron chi connectivity index (χ3n) is 3.06. The number of nitrogens with zero attached hydrogens (tertiary/aromatic N) is 2. The molecule has 1 aromatic heterocycles. The molecule has 2 aromatic rings. The number of carbonyl (C=O) groups is 1. The lowest BCUT2D eigenvalue weighted by molar-refractivity contribution is -0.117. The summed E-state index contributed by atoms with van der Waals surface area (Å²) < 4.78 is 36.5. The van der Waals surface area contributed by atoms with Crippen molar-refractivity contribution < 1.29 is 17.1 Å². The molecule has 1 saturated heterocycles. The lowest BCUT2D eigenvalue weighted by Gasteiger charge is -2.11. The quantitative estimate of drug-likeness (QED) is 0.752. The zero-order valence-electron chi connectivity index (χ0n) is 9.92. The maximum Gasteiger partial charge on any atom is 0.307 e. The van der Waals surface area contributed by atoms with Gasteiger partial charge in [0, 0.05) is 17.4 Å². The maximum absolute atomic E-state index is 13.0. The highest BCUT2D eigenvalue weighted by molar-refractivity contribution is 9.10. The first-order valence-electron chi connectivity index (χ1n) is 5.64. The molecular weight excluding hydrogens is 371 g/mol. The average Bonchev–Trinajstić information content (AvgIpc) is 2.90. The number of aromatic nitrogens is 1. The van der Waals surface area contributed by atoms with E-state index >= 15 is 0 Å². The van der Waals surface area contributed by atoms with Crippen LogP contribution in [-0.4, -0.2) is 31.1 Å². The lowest BCUT2D eigenvalue weighted by Crippen LogP contribution is -2.26. The predicted molar refractivity (Wildman–Crippen MR) is 78.1 cm³/mol. The normalized spacial score (nSPS) is 20.0. The molecule has 0 bridgehead atoms. The van der Waals surface area contributed by atoms with Crippen LogP contribution in [0.4, 0.5) is 9.02 Å². The number of hydrogen-bond donors (Lipinski definition) is 0. The number of carbonyl (C=O) groups excluding carboxylic acids is 1. The summed E-state index contributed by atoms with van der Waals surface area (Å²) in [7, 11) is -4.71. The van der Waals surface area contributed by atoms with Crippen molar-refractivity contribution in [1.82, 2.24) is 4.98 Å². The molecule has 0 saturated carbocycles. The Morgan fingerprint density at radius 3 is 2.85 bits per heavy atom. The SMILES string of the molecule is O=C1CC(S(=O)(=O)F)CN1c1nc2cc(Br)ccc2s1. The van der Waals surface area contributed by atoms with E-state index in [9.17, 15) is 17.1 Å². The van der Waals surface area contributed by atoms with Gasteiger partial charge in [-0.05, 0) is 18.2 Å². The summed E-state index contributed by atoms with van der Waals surface area (Å²) in [4.78, 5) is 17.4. The summed E-state index contributed by atoms with van der Waals surface area (Å²) in [5.74, 6) is -0.422. The zero-order chi connectivity index (χ0) is 14.5. The molecular formula is C11H8BrFN2O3S2. The van der Waals surface area contributed by atoms with E-state index in [-0.39, 0.29) is 13.0 Å². The molecule has 0 aliphatic carbocycles. The van der Waals surface area contributed by atoms with E-state index in [0.29, 0.717) is 10.6 Å². The Morgan fingerprint density at radius 2 is 2.20 bits per heavy atom. The first-order chi connectivity index (χ1) is 9.34. The van der Waals surface area contributed by atoms with Crippen molar-refractivity contribution in [1.29, 1.82) is 0 Å². The summed E-state index contributed by atoms with van der Waals surface area (Å²) in [6.45, 7) is -0.182. The Morgan fingerprint density at radius 1 is 1.45 bits per heavy atom. The summed E-state index contributed by atoms with van der Waals surface area (Å²) in [5, 5.41) is -0.900. The number of benzene rings is 1. The second kappa shape index (κ2) is 4.74. The molecule has 1 aliphatic rings. The molecule has 1 amide bonds. The molecule has 1 aromatic carbocycles. The zero-order valence-corrected chi connectivity index (χ0v) is 13.1. The van der Waals surface area contributed by atoms with E-state index in [1.165, 1.54) is 16.2 Å². The smallest absolute Gasteiger partial charge is 0.287 e. The van der Waals surface area contributed by atoms with Crippen molar-refractivity contribution >= 4 is 58.7 Å². The van der Waals surface area contributed by atoms with Gasteiger partial charge in [-0.2, -0.15) is 8.42 Å². The van der Waals surface area contributed by atoms with E-state index < -0.39 is 21.4 Å². The van der Waals surface area contributed by atoms with Gasteiger partial charge in [0.15, 0.2) is 5.13 Å². The minimum atomic E-state index is -4.71. The summed E-state index contributed by atoms with van der Waals surface area (Å²) in [5.41, 5.74) is 0.707. The molecule has 1 unspecified atom stereocenters. The fraction of sp³-hybridized carbons (Fsp3) is 0.273. The van der Waals surface area contributed by atoms with Crippen LogP contribution in [0.5, 0.6) is 0 Å². The van der Waals surface area contributed by atoms with E-state index in [4.69, 9.17) is 0 Å². The molecule has 0 spiro atoms. The standard InChI is InChI=1S/C11H8BrFN2O3S2/c12-6-1-2-9-8(3-6)14-11(19-9)15-5-7(4-10(15)16)20(13,17)18/h1-3,7H,4-5H2. The summed E-state index contributed by atoms with van der Waals surface area (Å²) in [6, 6.07) is 5.51. The van der Waals surface area contributed by atoms with Crippen LogP contribution >= 0.6 is 27.3 Å². The fourth-order valence-electron chi connectivity index (χ4n) is 2.05. The largest absolute Gasteiger partial charge is 0.307 e. The van der Waals surface area contributed by atoms with Gasteiger partial charge in [-0.3, -0.25) is 9.69 Å². The minimum absolute atomic E-state index is 0.182. The minimum Gasteiger partial charge on any atom is -0.287 e. The third kappa shape index (κ3) is 2.45. The second-order valence-electron chi connectivity index (χ2n) is 4.41. The molecule has 1 fully saturated rings. The molecule has 20 heavy (non-hydrogen) atoms. The number of fused-ring (bicyclic) bond motifs is 1. The third-order valence-corrected chi connectivity index (χ3v) is 5.72. The van der Waals surface area contributed by atoms with Gasteiger partial charge in [0.1, 0.15) is 5.25 Å². The molecule has 1 atom stereocenters. The van der Waals surface area contributed by atoms with Crippen LogP contribution in [0.3, 0.4) is 0 Å². The van der Waals surface area contributed by atoms with Crippen LogP contribution < -0.4 is 4.90 Å². The molecule has 0 N–H and O–H groups in total. The lowest BCUT2D eigenvalue weighted by atomic mass is 10.3. The van der Waals surface area contributed by atoms with Crippen LogP contribution in [0.15, 0.2) is 22.7 Å². The van der Waals surface area contributed by atoms with Gasteiger partial charge in [0.2, 0.25) is 5.91 Å². The summed E-state index contributed by atoms with van der Waals surface area (Å²) in [6.07, 6.45) is -0.335. The van der Waals surface area contributed by atoms with Gasteiger partial charge in [-0.25, -0.2) is 4.98 Å². The Kier molecular flexibility index (Phi) is 3.30. The van der Waals surface area contributed by atoms with Crippen molar-refractivity contribution in [2.45, 2.75) is 11.7 Å². The number of hydrogen-bond acceptors (Lipinski definition) is 5. The number of amides is 1. The van der Waals surface area contributed by atoms with Crippen LogP contribution in [0.25, 0.3) is 10.2 Å². The molecule has 0 radical (unpaired) electrons. The molecule has 2 heterocycles.